The summed E-state index contributed by atoms with van der Waals surface area (Å²) in [5.41, 5.74) is 0.359. The van der Waals surface area contributed by atoms with E-state index in [0.29, 0.717) is 21.0 Å². The number of aryl methyl sites for hydroxylation is 1. The van der Waals surface area contributed by atoms with Crippen molar-refractivity contribution in [2.45, 2.75) is 13.3 Å². The first-order valence-corrected chi connectivity index (χ1v) is 8.16. The third-order valence-corrected chi connectivity index (χ3v) is 4.99. The summed E-state index contributed by atoms with van der Waals surface area (Å²) in [4.78, 5) is 18.5. The summed E-state index contributed by atoms with van der Waals surface area (Å²) in [5.74, 6) is 0. The molecule has 4 nitrogen and oxygen atoms in total. The summed E-state index contributed by atoms with van der Waals surface area (Å²) >= 11 is 13.7. The fraction of sp³-hybridized carbons (Fsp3) is 0.133. The van der Waals surface area contributed by atoms with Crippen LogP contribution in [0.15, 0.2) is 40.5 Å². The van der Waals surface area contributed by atoms with E-state index in [1.807, 2.05) is 13.0 Å². The number of thiophene rings is 1. The highest BCUT2D eigenvalue weighted by Crippen LogP contribution is 2.23. The van der Waals surface area contributed by atoms with E-state index in [9.17, 15) is 4.79 Å². The van der Waals surface area contributed by atoms with E-state index in [2.05, 4.69) is 10.1 Å². The molecule has 0 atom stereocenters. The van der Waals surface area contributed by atoms with Crippen molar-refractivity contribution in [3.8, 4) is 0 Å². The van der Waals surface area contributed by atoms with Crippen molar-refractivity contribution in [2.75, 3.05) is 0 Å². The molecule has 0 fully saturated rings. The third-order valence-electron chi connectivity index (χ3n) is 3.15. The van der Waals surface area contributed by atoms with Gasteiger partial charge in [-0.25, -0.2) is 4.98 Å². The molecule has 112 valence electrons. The number of nitrogens with zero attached hydrogens (tertiary/aromatic N) is 3. The summed E-state index contributed by atoms with van der Waals surface area (Å²) in [6, 6.07) is 7.04. The van der Waals surface area contributed by atoms with Crippen LogP contribution in [0, 0.1) is 0 Å². The van der Waals surface area contributed by atoms with Crippen molar-refractivity contribution in [3.05, 3.63) is 61.4 Å². The van der Waals surface area contributed by atoms with Gasteiger partial charge in [0.05, 0.1) is 21.6 Å². The molecule has 2 aromatic heterocycles. The molecule has 0 saturated carbocycles. The number of halogens is 2. The number of aromatic nitrogens is 2. The predicted octanol–water partition coefficient (Wildman–Crippen LogP) is 4.21. The van der Waals surface area contributed by atoms with Gasteiger partial charge in [0.15, 0.2) is 0 Å². The fourth-order valence-corrected chi connectivity index (χ4v) is 3.39. The Balaban J connectivity index is 2.06. The van der Waals surface area contributed by atoms with Crippen molar-refractivity contribution < 1.29 is 0 Å². The number of hydrogen-bond donors (Lipinski definition) is 0. The zero-order valence-electron chi connectivity index (χ0n) is 11.6. The van der Waals surface area contributed by atoms with Crippen LogP contribution in [-0.4, -0.2) is 15.9 Å². The van der Waals surface area contributed by atoms with Gasteiger partial charge in [-0.1, -0.05) is 36.2 Å². The molecule has 0 aliphatic carbocycles. The van der Waals surface area contributed by atoms with Crippen LogP contribution in [0.1, 0.15) is 17.4 Å². The maximum atomic E-state index is 12.4. The minimum atomic E-state index is -0.208. The van der Waals surface area contributed by atoms with Crippen molar-refractivity contribution in [1.29, 1.82) is 0 Å². The third kappa shape index (κ3) is 2.79. The van der Waals surface area contributed by atoms with E-state index in [1.54, 1.807) is 18.2 Å². The van der Waals surface area contributed by atoms with Crippen LogP contribution >= 0.6 is 34.5 Å². The van der Waals surface area contributed by atoms with E-state index in [4.69, 9.17) is 23.2 Å². The second-order valence-electron chi connectivity index (χ2n) is 4.56. The lowest BCUT2D eigenvalue weighted by Gasteiger charge is -2.01. The molecular weight excluding hydrogens is 341 g/mol. The van der Waals surface area contributed by atoms with E-state index in [1.165, 1.54) is 28.6 Å². The molecule has 0 spiro atoms. The monoisotopic (exact) mass is 351 g/mol. The Morgan fingerprint density at radius 1 is 1.36 bits per heavy atom. The number of rotatable bonds is 3. The van der Waals surface area contributed by atoms with Crippen molar-refractivity contribution >= 4 is 51.0 Å². The number of hydrogen-bond acceptors (Lipinski definition) is 4. The highest BCUT2D eigenvalue weighted by Gasteiger charge is 2.08. The van der Waals surface area contributed by atoms with E-state index in [0.717, 1.165) is 16.1 Å². The second-order valence-corrected chi connectivity index (χ2v) is 6.49. The molecule has 0 saturated heterocycles. The molecule has 0 unspecified atom stereocenters. The second kappa shape index (κ2) is 6.20. The molecule has 0 aliphatic heterocycles. The van der Waals surface area contributed by atoms with Crippen LogP contribution < -0.4 is 5.56 Å². The molecule has 22 heavy (non-hydrogen) atoms. The zero-order chi connectivity index (χ0) is 15.7. The van der Waals surface area contributed by atoms with E-state index >= 15 is 0 Å². The van der Waals surface area contributed by atoms with Gasteiger partial charge in [-0.05, 0) is 24.6 Å². The molecule has 0 amide bonds. The lowest BCUT2D eigenvalue weighted by molar-refractivity contribution is 0.818. The quantitative estimate of drug-likeness (QED) is 0.663. The van der Waals surface area contributed by atoms with Gasteiger partial charge in [0.1, 0.15) is 11.2 Å². The summed E-state index contributed by atoms with van der Waals surface area (Å²) in [6.45, 7) is 2.04. The normalized spacial score (nSPS) is 11.6. The Bertz CT molecular complexity index is 910. The Morgan fingerprint density at radius 2 is 2.09 bits per heavy atom. The average molecular weight is 352 g/mol. The number of benzene rings is 1. The zero-order valence-corrected chi connectivity index (χ0v) is 13.9. The summed E-state index contributed by atoms with van der Waals surface area (Å²) in [5, 5.41) is 5.66. The Kier molecular flexibility index (Phi) is 4.29. The predicted molar refractivity (Wildman–Crippen MR) is 92.7 cm³/mol. The lowest BCUT2D eigenvalue weighted by atomic mass is 10.2. The molecule has 3 rings (SSSR count). The van der Waals surface area contributed by atoms with Crippen molar-refractivity contribution in [2.24, 2.45) is 5.10 Å². The maximum absolute atomic E-state index is 12.4. The van der Waals surface area contributed by atoms with Crippen LogP contribution in [0.2, 0.25) is 10.0 Å². The molecule has 0 bridgehead atoms. The minimum Gasteiger partial charge on any atom is -0.267 e. The summed E-state index contributed by atoms with van der Waals surface area (Å²) < 4.78 is 1.19. The first-order valence-electron chi connectivity index (χ1n) is 6.58. The minimum absolute atomic E-state index is 0.208. The van der Waals surface area contributed by atoms with Crippen molar-refractivity contribution in [3.63, 3.8) is 0 Å². The smallest absolute Gasteiger partial charge is 0.267 e. The Morgan fingerprint density at radius 3 is 2.77 bits per heavy atom. The molecule has 7 heteroatoms. The molecular formula is C15H11Cl2N3OS. The van der Waals surface area contributed by atoms with Gasteiger partial charge in [0.2, 0.25) is 0 Å². The molecule has 3 aromatic rings. The van der Waals surface area contributed by atoms with Gasteiger partial charge in [-0.2, -0.15) is 9.78 Å². The highest BCUT2D eigenvalue weighted by molar-refractivity contribution is 7.18. The Labute approximate surface area is 140 Å². The van der Waals surface area contributed by atoms with Gasteiger partial charge in [-0.15, -0.1) is 11.3 Å². The lowest BCUT2D eigenvalue weighted by Crippen LogP contribution is -2.16. The topological polar surface area (TPSA) is 47.2 Å². The van der Waals surface area contributed by atoms with Crippen molar-refractivity contribution in [1.82, 2.24) is 9.66 Å². The number of fused-ring (bicyclic) bond motifs is 1. The van der Waals surface area contributed by atoms with Gasteiger partial charge < -0.3 is 0 Å². The van der Waals surface area contributed by atoms with Crippen LogP contribution in [0.4, 0.5) is 0 Å². The van der Waals surface area contributed by atoms with Crippen LogP contribution in [0.25, 0.3) is 10.2 Å². The Hall–Kier alpha value is -1.69. The van der Waals surface area contributed by atoms with Gasteiger partial charge in [-0.3, -0.25) is 4.79 Å². The highest BCUT2D eigenvalue weighted by atomic mass is 35.5. The molecule has 0 N–H and O–H groups in total. The van der Waals surface area contributed by atoms with Gasteiger partial charge in [0, 0.05) is 10.4 Å². The van der Waals surface area contributed by atoms with E-state index in [-0.39, 0.29) is 5.56 Å². The molecule has 2 heterocycles. The van der Waals surface area contributed by atoms with Crippen LogP contribution in [-0.2, 0) is 6.42 Å². The average Bonchev–Trinajstić information content (AvgIpc) is 2.93. The molecule has 0 radical (unpaired) electrons. The molecule has 0 aliphatic rings. The SMILES string of the molecule is CCc1cc2c(=O)n(/N=C\c3c(Cl)cccc3Cl)cnc2s1. The standard InChI is InChI=1S/C15H11Cl2N3OS/c1-2-9-6-10-14(22-9)18-8-20(15(10)21)19-7-11-12(16)4-3-5-13(11)17/h3-8H,2H2,1H3/b19-7-. The van der Waals surface area contributed by atoms with Crippen LogP contribution in [0.5, 0.6) is 0 Å². The summed E-state index contributed by atoms with van der Waals surface area (Å²) in [7, 11) is 0. The van der Waals surface area contributed by atoms with Gasteiger partial charge in [0.25, 0.3) is 5.56 Å². The first-order chi connectivity index (χ1) is 10.6. The van der Waals surface area contributed by atoms with E-state index < -0.39 is 0 Å². The van der Waals surface area contributed by atoms with Gasteiger partial charge >= 0.3 is 0 Å². The molecule has 1 aromatic carbocycles. The first kappa shape index (κ1) is 15.2. The fourth-order valence-electron chi connectivity index (χ4n) is 1.97. The van der Waals surface area contributed by atoms with Crippen LogP contribution in [0.3, 0.4) is 0 Å². The largest absolute Gasteiger partial charge is 0.282 e. The summed E-state index contributed by atoms with van der Waals surface area (Å²) in [6.07, 6.45) is 3.74. The maximum Gasteiger partial charge on any atom is 0.282 e.